The van der Waals surface area contributed by atoms with Gasteiger partial charge in [-0.25, -0.2) is 19.3 Å². The number of rotatable bonds is 3. The van der Waals surface area contributed by atoms with E-state index in [2.05, 4.69) is 20.3 Å². The van der Waals surface area contributed by atoms with Crippen molar-refractivity contribution in [3.8, 4) is 11.4 Å². The number of hydrogen-bond donors (Lipinski definition) is 1. The molecule has 0 aliphatic rings. The second-order valence-electron chi connectivity index (χ2n) is 5.27. The molecule has 0 aliphatic heterocycles. The van der Waals surface area contributed by atoms with Gasteiger partial charge in [0, 0.05) is 17.4 Å². The third-order valence-corrected chi connectivity index (χ3v) is 3.59. The Labute approximate surface area is 138 Å². The van der Waals surface area contributed by atoms with Gasteiger partial charge in [-0.05, 0) is 30.3 Å². The topological polar surface area (TPSA) is 50.7 Å². The van der Waals surface area contributed by atoms with Gasteiger partial charge in [-0.2, -0.15) is 0 Å². The van der Waals surface area contributed by atoms with E-state index in [0.29, 0.717) is 23.0 Å². The normalized spacial score (nSPS) is 10.7. The number of anilines is 2. The molecule has 0 spiro atoms. The van der Waals surface area contributed by atoms with E-state index in [1.54, 1.807) is 18.3 Å². The second-order valence-corrected chi connectivity index (χ2v) is 5.27. The Morgan fingerprint density at radius 2 is 1.71 bits per heavy atom. The van der Waals surface area contributed by atoms with Crippen molar-refractivity contribution in [2.24, 2.45) is 0 Å². The van der Waals surface area contributed by atoms with E-state index in [-0.39, 0.29) is 5.82 Å². The van der Waals surface area contributed by atoms with Crippen LogP contribution in [0.5, 0.6) is 0 Å². The van der Waals surface area contributed by atoms with Gasteiger partial charge >= 0.3 is 0 Å². The van der Waals surface area contributed by atoms with Crippen LogP contribution in [-0.2, 0) is 0 Å². The third kappa shape index (κ3) is 2.79. The molecule has 4 rings (SSSR count). The van der Waals surface area contributed by atoms with E-state index in [4.69, 9.17) is 0 Å². The fraction of sp³-hybridized carbons (Fsp3) is 0. The smallest absolute Gasteiger partial charge is 0.165 e. The maximum atomic E-state index is 13.4. The van der Waals surface area contributed by atoms with Crippen LogP contribution in [0.15, 0.2) is 72.9 Å². The van der Waals surface area contributed by atoms with Crippen LogP contribution in [0, 0.1) is 5.82 Å². The zero-order valence-electron chi connectivity index (χ0n) is 12.6. The first-order valence-corrected chi connectivity index (χ1v) is 7.50. The molecule has 0 amide bonds. The summed E-state index contributed by atoms with van der Waals surface area (Å²) >= 11 is 0. The van der Waals surface area contributed by atoms with Crippen LogP contribution >= 0.6 is 0 Å². The molecule has 0 atom stereocenters. The lowest BCUT2D eigenvalue weighted by molar-refractivity contribution is 0.628. The molecule has 2 heterocycles. The van der Waals surface area contributed by atoms with Crippen LogP contribution < -0.4 is 5.32 Å². The highest BCUT2D eigenvalue weighted by molar-refractivity contribution is 5.89. The lowest BCUT2D eigenvalue weighted by atomic mass is 10.2. The van der Waals surface area contributed by atoms with Crippen molar-refractivity contribution in [2.45, 2.75) is 0 Å². The van der Waals surface area contributed by atoms with E-state index >= 15 is 0 Å². The molecule has 24 heavy (non-hydrogen) atoms. The minimum Gasteiger partial charge on any atom is -0.339 e. The minimum atomic E-state index is -0.306. The number of fused-ring (bicyclic) bond motifs is 1. The van der Waals surface area contributed by atoms with Gasteiger partial charge < -0.3 is 5.32 Å². The number of halogens is 1. The molecule has 0 radical (unpaired) electrons. The SMILES string of the molecule is Fc1cccc(Nc2nc(-c3ccccc3)nc3ncccc23)c1. The Kier molecular flexibility index (Phi) is 3.59. The zero-order valence-corrected chi connectivity index (χ0v) is 12.6. The molecule has 2 aromatic heterocycles. The Balaban J connectivity index is 1.86. The van der Waals surface area contributed by atoms with E-state index in [1.165, 1.54) is 12.1 Å². The minimum absolute atomic E-state index is 0.306. The molecule has 5 heteroatoms. The highest BCUT2D eigenvalue weighted by Crippen LogP contribution is 2.26. The van der Waals surface area contributed by atoms with Crippen molar-refractivity contribution in [1.82, 2.24) is 15.0 Å². The quantitative estimate of drug-likeness (QED) is 0.601. The van der Waals surface area contributed by atoms with Crippen molar-refractivity contribution in [2.75, 3.05) is 5.32 Å². The third-order valence-electron chi connectivity index (χ3n) is 3.59. The molecule has 0 unspecified atom stereocenters. The molecule has 2 aromatic carbocycles. The van der Waals surface area contributed by atoms with Gasteiger partial charge in [0.2, 0.25) is 0 Å². The molecule has 0 bridgehead atoms. The van der Waals surface area contributed by atoms with Crippen molar-refractivity contribution in [1.29, 1.82) is 0 Å². The maximum Gasteiger partial charge on any atom is 0.165 e. The van der Waals surface area contributed by atoms with Gasteiger partial charge in [0.25, 0.3) is 0 Å². The Morgan fingerprint density at radius 1 is 0.833 bits per heavy atom. The van der Waals surface area contributed by atoms with Crippen molar-refractivity contribution in [3.63, 3.8) is 0 Å². The number of hydrogen-bond acceptors (Lipinski definition) is 4. The first kappa shape index (κ1) is 14.3. The van der Waals surface area contributed by atoms with Crippen LogP contribution in [0.2, 0.25) is 0 Å². The predicted octanol–water partition coefficient (Wildman–Crippen LogP) is 4.57. The average Bonchev–Trinajstić information content (AvgIpc) is 2.62. The number of nitrogens with zero attached hydrogens (tertiary/aromatic N) is 3. The van der Waals surface area contributed by atoms with Crippen LogP contribution in [0.3, 0.4) is 0 Å². The summed E-state index contributed by atoms with van der Waals surface area (Å²) in [5, 5.41) is 3.95. The molecular weight excluding hydrogens is 303 g/mol. The number of benzene rings is 2. The Hall–Kier alpha value is -3.34. The van der Waals surface area contributed by atoms with Crippen molar-refractivity contribution in [3.05, 3.63) is 78.7 Å². The van der Waals surface area contributed by atoms with Gasteiger partial charge in [0.1, 0.15) is 11.6 Å². The average molecular weight is 316 g/mol. The first-order valence-electron chi connectivity index (χ1n) is 7.50. The predicted molar refractivity (Wildman–Crippen MR) is 92.5 cm³/mol. The first-order chi connectivity index (χ1) is 11.8. The van der Waals surface area contributed by atoms with Crippen LogP contribution in [0.25, 0.3) is 22.4 Å². The highest BCUT2D eigenvalue weighted by atomic mass is 19.1. The van der Waals surface area contributed by atoms with E-state index in [0.717, 1.165) is 10.9 Å². The van der Waals surface area contributed by atoms with Gasteiger partial charge in [-0.3, -0.25) is 0 Å². The highest BCUT2D eigenvalue weighted by Gasteiger charge is 2.10. The molecule has 4 aromatic rings. The second kappa shape index (κ2) is 6.04. The number of pyridine rings is 1. The van der Waals surface area contributed by atoms with E-state index in [9.17, 15) is 4.39 Å². The fourth-order valence-electron chi connectivity index (χ4n) is 2.48. The molecule has 0 saturated heterocycles. The van der Waals surface area contributed by atoms with Crippen LogP contribution in [-0.4, -0.2) is 15.0 Å². The van der Waals surface area contributed by atoms with Crippen LogP contribution in [0.1, 0.15) is 0 Å². The summed E-state index contributed by atoms with van der Waals surface area (Å²) in [5.74, 6) is 0.859. The summed E-state index contributed by atoms with van der Waals surface area (Å²) in [6, 6.07) is 19.7. The number of aromatic nitrogens is 3. The largest absolute Gasteiger partial charge is 0.339 e. The Bertz CT molecular complexity index is 1000. The molecule has 116 valence electrons. The van der Waals surface area contributed by atoms with Crippen molar-refractivity contribution < 1.29 is 4.39 Å². The van der Waals surface area contributed by atoms with Gasteiger partial charge in [-0.15, -0.1) is 0 Å². The summed E-state index contributed by atoms with van der Waals surface area (Å²) in [4.78, 5) is 13.5. The van der Waals surface area contributed by atoms with E-state index < -0.39 is 0 Å². The summed E-state index contributed by atoms with van der Waals surface area (Å²) in [6.07, 6.45) is 1.69. The fourth-order valence-corrected chi connectivity index (χ4v) is 2.48. The van der Waals surface area contributed by atoms with E-state index in [1.807, 2.05) is 42.5 Å². The zero-order chi connectivity index (χ0) is 16.4. The standard InChI is InChI=1S/C19H13FN4/c20-14-8-4-9-15(12-14)22-19-16-10-5-11-21-18(16)23-17(24-19)13-6-2-1-3-7-13/h1-12H,(H,21,22,23,24). The summed E-state index contributed by atoms with van der Waals surface area (Å²) < 4.78 is 13.4. The molecule has 1 N–H and O–H groups in total. The van der Waals surface area contributed by atoms with Crippen molar-refractivity contribution >= 4 is 22.5 Å². The van der Waals surface area contributed by atoms with Gasteiger partial charge in [0.05, 0.1) is 5.39 Å². The molecule has 0 aliphatic carbocycles. The lowest BCUT2D eigenvalue weighted by Gasteiger charge is -2.10. The van der Waals surface area contributed by atoms with Gasteiger partial charge in [-0.1, -0.05) is 36.4 Å². The molecular formula is C19H13FN4. The summed E-state index contributed by atoms with van der Waals surface area (Å²) in [7, 11) is 0. The monoisotopic (exact) mass is 316 g/mol. The molecule has 4 nitrogen and oxygen atoms in total. The summed E-state index contributed by atoms with van der Waals surface area (Å²) in [6.45, 7) is 0. The maximum absolute atomic E-state index is 13.4. The van der Waals surface area contributed by atoms with Crippen LogP contribution in [0.4, 0.5) is 15.9 Å². The summed E-state index contributed by atoms with van der Waals surface area (Å²) in [5.41, 5.74) is 2.11. The lowest BCUT2D eigenvalue weighted by Crippen LogP contribution is -2.00. The number of nitrogens with one attached hydrogen (secondary N) is 1. The molecule has 0 saturated carbocycles. The van der Waals surface area contributed by atoms with Gasteiger partial charge in [0.15, 0.2) is 11.5 Å². The molecule has 0 fully saturated rings. The Morgan fingerprint density at radius 3 is 2.54 bits per heavy atom.